The van der Waals surface area contributed by atoms with Crippen LogP contribution in [-0.2, 0) is 0 Å². The van der Waals surface area contributed by atoms with E-state index in [1.54, 1.807) is 0 Å². The van der Waals surface area contributed by atoms with Crippen LogP contribution in [0.2, 0.25) is 0 Å². The number of hydrogen-bond donors (Lipinski definition) is 3. The lowest BCUT2D eigenvalue weighted by molar-refractivity contribution is -0.384. The van der Waals surface area contributed by atoms with Gasteiger partial charge in [-0.3, -0.25) is 10.1 Å². The Morgan fingerprint density at radius 3 is 2.53 bits per heavy atom. The summed E-state index contributed by atoms with van der Waals surface area (Å²) in [6.07, 6.45) is 0. The minimum atomic E-state index is -0.538. The number of nitro benzene ring substituents is 1. The van der Waals surface area contributed by atoms with Gasteiger partial charge in [0.1, 0.15) is 0 Å². The summed E-state index contributed by atoms with van der Waals surface area (Å²) in [6.45, 7) is 0. The van der Waals surface area contributed by atoms with Crippen molar-refractivity contribution in [1.82, 2.24) is 14.9 Å². The molecule has 1 aromatic heterocycles. The van der Waals surface area contributed by atoms with Crippen LogP contribution in [0.5, 0.6) is 0 Å². The molecule has 0 saturated heterocycles. The van der Waals surface area contributed by atoms with Crippen molar-refractivity contribution in [3.63, 3.8) is 0 Å². The number of anilines is 2. The number of rotatable bonds is 2. The van der Waals surface area contributed by atoms with Crippen LogP contribution in [0, 0.1) is 10.1 Å². The van der Waals surface area contributed by atoms with Crippen LogP contribution in [0.15, 0.2) is 18.2 Å². The summed E-state index contributed by atoms with van der Waals surface area (Å²) in [4.78, 5) is 10.1. The molecule has 0 aliphatic rings. The largest absolute Gasteiger partial charge is 0.398 e. The Balaban J connectivity index is 2.62. The first-order valence-corrected chi connectivity index (χ1v) is 4.51. The summed E-state index contributed by atoms with van der Waals surface area (Å²) in [7, 11) is 0. The molecular weight excluding hydrogens is 226 g/mol. The predicted molar refractivity (Wildman–Crippen MR) is 61.1 cm³/mol. The Labute approximate surface area is 95.0 Å². The fourth-order valence-electron chi connectivity index (χ4n) is 1.34. The molecule has 88 valence electrons. The fraction of sp³-hybridized carbons (Fsp3) is 0. The average molecular weight is 235 g/mol. The molecule has 0 unspecified atom stereocenters. The Hall–Kier alpha value is -2.84. The van der Waals surface area contributed by atoms with Crippen LogP contribution >= 0.6 is 0 Å². The van der Waals surface area contributed by atoms with E-state index in [-0.39, 0.29) is 17.5 Å². The number of nitrogen functional groups attached to an aromatic ring is 3. The van der Waals surface area contributed by atoms with Gasteiger partial charge in [-0.1, -0.05) is 0 Å². The minimum absolute atomic E-state index is 0.00842. The van der Waals surface area contributed by atoms with E-state index in [2.05, 4.69) is 10.2 Å². The van der Waals surface area contributed by atoms with E-state index in [9.17, 15) is 10.1 Å². The summed E-state index contributed by atoms with van der Waals surface area (Å²) >= 11 is 0. The molecule has 0 saturated carbocycles. The monoisotopic (exact) mass is 235 g/mol. The topological polar surface area (TPSA) is 152 Å². The Morgan fingerprint density at radius 2 is 2.00 bits per heavy atom. The van der Waals surface area contributed by atoms with E-state index in [4.69, 9.17) is 17.3 Å². The van der Waals surface area contributed by atoms with E-state index in [1.165, 1.54) is 18.2 Å². The van der Waals surface area contributed by atoms with E-state index in [1.807, 2.05) is 0 Å². The Morgan fingerprint density at radius 1 is 1.29 bits per heavy atom. The van der Waals surface area contributed by atoms with Gasteiger partial charge in [-0.2, -0.15) is 0 Å². The molecule has 1 heterocycles. The summed E-state index contributed by atoms with van der Waals surface area (Å²) < 4.78 is 1.01. The lowest BCUT2D eigenvalue weighted by atomic mass is 10.1. The first-order valence-electron chi connectivity index (χ1n) is 4.51. The molecule has 1 aromatic carbocycles. The van der Waals surface area contributed by atoms with Gasteiger partial charge in [0.15, 0.2) is 5.82 Å². The summed E-state index contributed by atoms with van der Waals surface area (Å²) in [5.74, 6) is 5.73. The van der Waals surface area contributed by atoms with E-state index < -0.39 is 4.92 Å². The highest BCUT2D eigenvalue weighted by Crippen LogP contribution is 2.28. The lowest BCUT2D eigenvalue weighted by Gasteiger charge is -2.04. The fourth-order valence-corrected chi connectivity index (χ4v) is 1.34. The van der Waals surface area contributed by atoms with Crippen LogP contribution in [0.4, 0.5) is 17.3 Å². The zero-order valence-electron chi connectivity index (χ0n) is 8.57. The number of nitrogens with two attached hydrogens (primary N) is 3. The zero-order valence-corrected chi connectivity index (χ0v) is 8.57. The Kier molecular flexibility index (Phi) is 2.28. The molecule has 0 fully saturated rings. The molecule has 0 aliphatic carbocycles. The molecule has 0 amide bonds. The molecule has 9 heteroatoms. The van der Waals surface area contributed by atoms with Gasteiger partial charge in [0.2, 0.25) is 5.95 Å². The van der Waals surface area contributed by atoms with Gasteiger partial charge in [-0.05, 0) is 6.07 Å². The third-order valence-corrected chi connectivity index (χ3v) is 2.21. The second-order valence-electron chi connectivity index (χ2n) is 3.28. The van der Waals surface area contributed by atoms with Crippen molar-refractivity contribution in [3.8, 4) is 11.4 Å². The zero-order chi connectivity index (χ0) is 12.6. The van der Waals surface area contributed by atoms with Gasteiger partial charge in [0.25, 0.3) is 5.69 Å². The summed E-state index contributed by atoms with van der Waals surface area (Å²) in [6, 6.07) is 3.96. The SMILES string of the molecule is Nc1ccc([N+](=O)[O-])cc1-c1nnc(N)n1N. The quantitative estimate of drug-likeness (QED) is 0.280. The van der Waals surface area contributed by atoms with Crippen LogP contribution in [-0.4, -0.2) is 19.8 Å². The molecule has 0 spiro atoms. The third-order valence-electron chi connectivity index (χ3n) is 2.21. The molecule has 6 N–H and O–H groups in total. The minimum Gasteiger partial charge on any atom is -0.398 e. The highest BCUT2D eigenvalue weighted by Gasteiger charge is 2.16. The van der Waals surface area contributed by atoms with Gasteiger partial charge < -0.3 is 17.3 Å². The number of hydrogen-bond acceptors (Lipinski definition) is 7. The number of benzene rings is 1. The van der Waals surface area contributed by atoms with E-state index >= 15 is 0 Å². The molecular formula is C8H9N7O2. The normalized spacial score (nSPS) is 10.4. The molecule has 0 atom stereocenters. The molecule has 2 rings (SSSR count). The van der Waals surface area contributed by atoms with Crippen molar-refractivity contribution in [3.05, 3.63) is 28.3 Å². The van der Waals surface area contributed by atoms with Crippen molar-refractivity contribution in [1.29, 1.82) is 0 Å². The van der Waals surface area contributed by atoms with Crippen molar-refractivity contribution in [2.24, 2.45) is 0 Å². The van der Waals surface area contributed by atoms with E-state index in [0.717, 1.165) is 4.68 Å². The van der Waals surface area contributed by atoms with Gasteiger partial charge in [-0.25, -0.2) is 4.68 Å². The van der Waals surface area contributed by atoms with Gasteiger partial charge in [0.05, 0.1) is 10.5 Å². The smallest absolute Gasteiger partial charge is 0.270 e. The van der Waals surface area contributed by atoms with Gasteiger partial charge in [-0.15, -0.1) is 10.2 Å². The maximum atomic E-state index is 10.7. The second kappa shape index (κ2) is 3.63. The maximum absolute atomic E-state index is 10.7. The molecule has 0 bridgehead atoms. The van der Waals surface area contributed by atoms with E-state index in [0.29, 0.717) is 11.3 Å². The number of nitro groups is 1. The first-order chi connectivity index (χ1) is 8.00. The molecule has 0 aliphatic heterocycles. The molecule has 2 aromatic rings. The predicted octanol–water partition coefficient (Wildman–Crippen LogP) is -0.269. The number of aromatic nitrogens is 3. The number of non-ortho nitro benzene ring substituents is 1. The van der Waals surface area contributed by atoms with Crippen LogP contribution < -0.4 is 17.3 Å². The number of nitrogens with zero attached hydrogens (tertiary/aromatic N) is 4. The molecule has 9 nitrogen and oxygen atoms in total. The van der Waals surface area contributed by atoms with Gasteiger partial charge in [0, 0.05) is 17.8 Å². The molecule has 17 heavy (non-hydrogen) atoms. The highest BCUT2D eigenvalue weighted by atomic mass is 16.6. The van der Waals surface area contributed by atoms with Crippen molar-refractivity contribution >= 4 is 17.3 Å². The van der Waals surface area contributed by atoms with Crippen molar-refractivity contribution < 1.29 is 4.92 Å². The van der Waals surface area contributed by atoms with Gasteiger partial charge >= 0.3 is 0 Å². The van der Waals surface area contributed by atoms with Crippen LogP contribution in [0.1, 0.15) is 0 Å². The third kappa shape index (κ3) is 1.69. The lowest BCUT2D eigenvalue weighted by Crippen LogP contribution is -2.13. The Bertz CT molecular complexity index is 592. The summed E-state index contributed by atoms with van der Waals surface area (Å²) in [5.41, 5.74) is 11.6. The maximum Gasteiger partial charge on any atom is 0.270 e. The second-order valence-corrected chi connectivity index (χ2v) is 3.28. The summed E-state index contributed by atoms with van der Waals surface area (Å²) in [5, 5.41) is 17.9. The highest BCUT2D eigenvalue weighted by molar-refractivity contribution is 5.74. The molecule has 0 radical (unpaired) electrons. The first kappa shape index (κ1) is 10.7. The average Bonchev–Trinajstić information content (AvgIpc) is 2.60. The van der Waals surface area contributed by atoms with Crippen LogP contribution in [0.3, 0.4) is 0 Å². The van der Waals surface area contributed by atoms with Crippen LogP contribution in [0.25, 0.3) is 11.4 Å². The standard InChI is InChI=1S/C8H9N7O2/c9-6-2-1-4(15(16)17)3-5(6)7-12-13-8(10)14(7)11/h1-3H,9,11H2,(H2,10,13). The van der Waals surface area contributed by atoms with Crippen molar-refractivity contribution in [2.75, 3.05) is 17.3 Å². The van der Waals surface area contributed by atoms with Crippen molar-refractivity contribution in [2.45, 2.75) is 0 Å².